The summed E-state index contributed by atoms with van der Waals surface area (Å²) in [6.45, 7) is 3.51. The topological polar surface area (TPSA) is 29.3 Å². The predicted octanol–water partition coefficient (Wildman–Crippen LogP) is 3.60. The van der Waals surface area contributed by atoms with Gasteiger partial charge in [-0.15, -0.1) is 0 Å². The number of rotatable bonds is 5. The van der Waals surface area contributed by atoms with Crippen molar-refractivity contribution in [1.29, 1.82) is 0 Å². The van der Waals surface area contributed by atoms with Crippen LogP contribution in [0, 0.1) is 5.82 Å². The molecule has 3 heteroatoms. The molecule has 0 aliphatic carbocycles. The summed E-state index contributed by atoms with van der Waals surface area (Å²) in [5.74, 6) is -0.238. The van der Waals surface area contributed by atoms with Gasteiger partial charge in [0.05, 0.1) is 0 Å². The maximum atomic E-state index is 13.7. The van der Waals surface area contributed by atoms with E-state index in [-0.39, 0.29) is 5.82 Å². The first kappa shape index (κ1) is 14.5. The zero-order valence-electron chi connectivity index (χ0n) is 12.1. The quantitative estimate of drug-likeness (QED) is 0.843. The maximum absolute atomic E-state index is 13.7. The highest BCUT2D eigenvalue weighted by molar-refractivity contribution is 5.40. The first-order valence-electron chi connectivity index (χ1n) is 6.88. The summed E-state index contributed by atoms with van der Waals surface area (Å²) in [6, 6.07) is 13.4. The Bertz CT molecular complexity index is 564. The molecule has 2 N–H and O–H groups in total. The molecule has 0 spiro atoms. The average Bonchev–Trinajstić information content (AvgIpc) is 2.43. The van der Waals surface area contributed by atoms with E-state index < -0.39 is 0 Å². The standard InChI is InChI=1S/C17H21FN2/c1-3-13-4-6-14(7-5-13)11-20(2)12-15-8-9-16(19)10-17(15)18/h4-10H,3,11-12,19H2,1-2H3. The maximum Gasteiger partial charge on any atom is 0.129 e. The number of halogens is 1. The first-order chi connectivity index (χ1) is 9.58. The largest absolute Gasteiger partial charge is 0.399 e. The number of hydrogen-bond donors (Lipinski definition) is 1. The molecule has 0 aliphatic heterocycles. The molecule has 2 aromatic carbocycles. The Balaban J connectivity index is 1.99. The lowest BCUT2D eigenvalue weighted by Crippen LogP contribution is -2.18. The average molecular weight is 272 g/mol. The van der Waals surface area contributed by atoms with Crippen LogP contribution in [0.25, 0.3) is 0 Å². The molecule has 0 saturated carbocycles. The molecule has 0 aromatic heterocycles. The van der Waals surface area contributed by atoms with Gasteiger partial charge >= 0.3 is 0 Å². The smallest absolute Gasteiger partial charge is 0.129 e. The van der Waals surface area contributed by atoms with Crippen molar-refractivity contribution < 1.29 is 4.39 Å². The van der Waals surface area contributed by atoms with E-state index in [0.717, 1.165) is 13.0 Å². The van der Waals surface area contributed by atoms with Gasteiger partial charge in [0, 0.05) is 24.3 Å². The molecule has 0 heterocycles. The Kier molecular flexibility index (Phi) is 4.74. The van der Waals surface area contributed by atoms with Gasteiger partial charge in [-0.3, -0.25) is 4.90 Å². The monoisotopic (exact) mass is 272 g/mol. The van der Waals surface area contributed by atoms with Crippen molar-refractivity contribution in [1.82, 2.24) is 4.90 Å². The SMILES string of the molecule is CCc1ccc(CN(C)Cc2ccc(N)cc2F)cc1. The van der Waals surface area contributed by atoms with Crippen LogP contribution in [0.15, 0.2) is 42.5 Å². The van der Waals surface area contributed by atoms with E-state index in [9.17, 15) is 4.39 Å². The lowest BCUT2D eigenvalue weighted by Gasteiger charge is -2.17. The second-order valence-corrected chi connectivity index (χ2v) is 5.19. The fraction of sp³-hybridized carbons (Fsp3) is 0.294. The molecule has 0 atom stereocenters. The minimum Gasteiger partial charge on any atom is -0.399 e. The third-order valence-electron chi connectivity index (χ3n) is 3.40. The van der Waals surface area contributed by atoms with Gasteiger partial charge in [0.15, 0.2) is 0 Å². The lowest BCUT2D eigenvalue weighted by molar-refractivity contribution is 0.313. The van der Waals surface area contributed by atoms with Crippen molar-refractivity contribution >= 4 is 5.69 Å². The summed E-state index contributed by atoms with van der Waals surface area (Å²) >= 11 is 0. The molecule has 0 fully saturated rings. The number of anilines is 1. The summed E-state index contributed by atoms with van der Waals surface area (Å²) < 4.78 is 13.7. The van der Waals surface area contributed by atoms with Crippen LogP contribution in [0.2, 0.25) is 0 Å². The molecule has 0 aliphatic rings. The zero-order valence-corrected chi connectivity index (χ0v) is 12.1. The van der Waals surface area contributed by atoms with Crippen molar-refractivity contribution in [2.24, 2.45) is 0 Å². The highest BCUT2D eigenvalue weighted by atomic mass is 19.1. The van der Waals surface area contributed by atoms with E-state index in [2.05, 4.69) is 36.1 Å². The van der Waals surface area contributed by atoms with Gasteiger partial charge < -0.3 is 5.73 Å². The second-order valence-electron chi connectivity index (χ2n) is 5.19. The van der Waals surface area contributed by atoms with Crippen molar-refractivity contribution in [3.8, 4) is 0 Å². The molecular formula is C17H21FN2. The number of hydrogen-bond acceptors (Lipinski definition) is 2. The molecule has 0 radical (unpaired) electrons. The summed E-state index contributed by atoms with van der Waals surface area (Å²) in [7, 11) is 1.99. The number of aryl methyl sites for hydroxylation is 1. The minimum absolute atomic E-state index is 0.238. The van der Waals surface area contributed by atoms with E-state index in [1.54, 1.807) is 12.1 Å². The van der Waals surface area contributed by atoms with Crippen LogP contribution >= 0.6 is 0 Å². The molecule has 2 aromatic rings. The van der Waals surface area contributed by atoms with E-state index in [4.69, 9.17) is 5.73 Å². The van der Waals surface area contributed by atoms with Crippen molar-refractivity contribution in [2.45, 2.75) is 26.4 Å². The molecule has 0 bridgehead atoms. The zero-order chi connectivity index (χ0) is 14.5. The van der Waals surface area contributed by atoms with Gasteiger partial charge in [-0.1, -0.05) is 37.3 Å². The summed E-state index contributed by atoms with van der Waals surface area (Å²) in [6.07, 6.45) is 1.05. The Labute approximate surface area is 120 Å². The Morgan fingerprint density at radius 3 is 2.25 bits per heavy atom. The Hall–Kier alpha value is -1.87. The predicted molar refractivity (Wildman–Crippen MR) is 81.8 cm³/mol. The fourth-order valence-corrected chi connectivity index (χ4v) is 2.23. The van der Waals surface area contributed by atoms with E-state index in [1.165, 1.54) is 17.2 Å². The van der Waals surface area contributed by atoms with Crippen LogP contribution < -0.4 is 5.73 Å². The van der Waals surface area contributed by atoms with Crippen molar-refractivity contribution in [2.75, 3.05) is 12.8 Å². The Morgan fingerprint density at radius 1 is 1.00 bits per heavy atom. The third-order valence-corrected chi connectivity index (χ3v) is 3.40. The normalized spacial score (nSPS) is 11.0. The van der Waals surface area contributed by atoms with E-state index >= 15 is 0 Å². The van der Waals surface area contributed by atoms with Gasteiger partial charge in [0.25, 0.3) is 0 Å². The molecule has 2 rings (SSSR count). The third kappa shape index (κ3) is 3.81. The number of nitrogens with zero attached hydrogens (tertiary/aromatic N) is 1. The fourth-order valence-electron chi connectivity index (χ4n) is 2.23. The molecule has 106 valence electrons. The molecule has 0 unspecified atom stereocenters. The second kappa shape index (κ2) is 6.53. The van der Waals surface area contributed by atoms with Gasteiger partial charge in [0.2, 0.25) is 0 Å². The van der Waals surface area contributed by atoms with Gasteiger partial charge in [-0.25, -0.2) is 4.39 Å². The summed E-state index contributed by atoms with van der Waals surface area (Å²) in [5, 5.41) is 0. The van der Waals surface area contributed by atoms with Crippen LogP contribution in [0.1, 0.15) is 23.6 Å². The highest BCUT2D eigenvalue weighted by Crippen LogP contribution is 2.15. The van der Waals surface area contributed by atoms with Crippen molar-refractivity contribution in [3.05, 3.63) is 65.0 Å². The molecule has 0 amide bonds. The van der Waals surface area contributed by atoms with Crippen LogP contribution in [0.3, 0.4) is 0 Å². The van der Waals surface area contributed by atoms with Crippen molar-refractivity contribution in [3.63, 3.8) is 0 Å². The molecule has 0 saturated heterocycles. The highest BCUT2D eigenvalue weighted by Gasteiger charge is 2.07. The summed E-state index contributed by atoms with van der Waals surface area (Å²) in [4.78, 5) is 2.09. The lowest BCUT2D eigenvalue weighted by atomic mass is 10.1. The number of benzene rings is 2. The van der Waals surface area contributed by atoms with E-state index in [1.807, 2.05) is 7.05 Å². The molecular weight excluding hydrogens is 251 g/mol. The van der Waals surface area contributed by atoms with Crippen LogP contribution in [-0.4, -0.2) is 11.9 Å². The number of nitrogens with two attached hydrogens (primary N) is 1. The van der Waals surface area contributed by atoms with Gasteiger partial charge in [-0.05, 0) is 36.7 Å². The summed E-state index contributed by atoms with van der Waals surface area (Å²) in [5.41, 5.74) is 9.26. The Morgan fingerprint density at radius 2 is 1.65 bits per heavy atom. The van der Waals surface area contributed by atoms with Crippen LogP contribution in [0.5, 0.6) is 0 Å². The molecule has 20 heavy (non-hydrogen) atoms. The van der Waals surface area contributed by atoms with Crippen LogP contribution in [-0.2, 0) is 19.5 Å². The van der Waals surface area contributed by atoms with Gasteiger partial charge in [0.1, 0.15) is 5.82 Å². The minimum atomic E-state index is -0.238. The molecule has 2 nitrogen and oxygen atoms in total. The van der Waals surface area contributed by atoms with E-state index in [0.29, 0.717) is 17.8 Å². The van der Waals surface area contributed by atoms with Gasteiger partial charge in [-0.2, -0.15) is 0 Å². The number of nitrogen functional groups attached to an aromatic ring is 1. The van der Waals surface area contributed by atoms with Crippen LogP contribution in [0.4, 0.5) is 10.1 Å². The first-order valence-corrected chi connectivity index (χ1v) is 6.88.